The van der Waals surface area contributed by atoms with E-state index in [0.29, 0.717) is 12.2 Å². The maximum absolute atomic E-state index is 11.8. The van der Waals surface area contributed by atoms with Crippen LogP contribution in [-0.2, 0) is 0 Å². The lowest BCUT2D eigenvalue weighted by Gasteiger charge is -2.06. The van der Waals surface area contributed by atoms with Crippen molar-refractivity contribution in [2.75, 3.05) is 13.2 Å². The van der Waals surface area contributed by atoms with Crippen LogP contribution in [0.15, 0.2) is 36.9 Å². The minimum atomic E-state index is -0.0265. The van der Waals surface area contributed by atoms with Gasteiger partial charge in [-0.2, -0.15) is 0 Å². The van der Waals surface area contributed by atoms with E-state index >= 15 is 0 Å². The largest absolute Gasteiger partial charge is 0.490 e. The molecule has 0 saturated carbocycles. The summed E-state index contributed by atoms with van der Waals surface area (Å²) in [6.45, 7) is 6.94. The molecule has 0 fully saturated rings. The molecule has 3 heteroatoms. The highest BCUT2D eigenvalue weighted by Crippen LogP contribution is 2.12. The molecule has 1 aromatic rings. The molecule has 0 aliphatic rings. The molecule has 0 aliphatic carbocycles. The zero-order chi connectivity index (χ0) is 13.2. The molecule has 98 valence electrons. The van der Waals surface area contributed by atoms with Crippen LogP contribution in [0, 0.1) is 0 Å². The van der Waals surface area contributed by atoms with Crippen molar-refractivity contribution in [3.8, 4) is 5.75 Å². The maximum Gasteiger partial charge on any atom is 0.251 e. The van der Waals surface area contributed by atoms with Crippen LogP contribution in [0.25, 0.3) is 0 Å². The highest BCUT2D eigenvalue weighted by molar-refractivity contribution is 5.94. The fraction of sp³-hybridized carbons (Fsp3) is 0.400. The second-order valence-corrected chi connectivity index (χ2v) is 4.09. The standard InChI is InChI=1S/C15H21NO2/c1-3-5-6-11-16-15(17)13-7-9-14(10-8-13)18-12-4-2/h4,7-10H,2-3,5-6,11-12H2,1H3,(H,16,17). The van der Waals surface area contributed by atoms with Crippen molar-refractivity contribution >= 4 is 5.91 Å². The van der Waals surface area contributed by atoms with Gasteiger partial charge in [0.25, 0.3) is 5.91 Å². The monoisotopic (exact) mass is 247 g/mol. The number of hydrogen-bond acceptors (Lipinski definition) is 2. The van der Waals surface area contributed by atoms with Crippen molar-refractivity contribution in [2.45, 2.75) is 26.2 Å². The van der Waals surface area contributed by atoms with E-state index in [1.807, 2.05) is 0 Å². The van der Waals surface area contributed by atoms with E-state index in [2.05, 4.69) is 18.8 Å². The second kappa shape index (κ2) is 8.34. The molecule has 1 rings (SSSR count). The van der Waals surface area contributed by atoms with Gasteiger partial charge >= 0.3 is 0 Å². The average Bonchev–Trinajstić information content (AvgIpc) is 2.41. The highest BCUT2D eigenvalue weighted by Gasteiger charge is 2.04. The lowest BCUT2D eigenvalue weighted by Crippen LogP contribution is -2.24. The lowest BCUT2D eigenvalue weighted by molar-refractivity contribution is 0.0953. The summed E-state index contributed by atoms with van der Waals surface area (Å²) >= 11 is 0. The first-order valence-electron chi connectivity index (χ1n) is 6.40. The quantitative estimate of drug-likeness (QED) is 0.566. The summed E-state index contributed by atoms with van der Waals surface area (Å²) < 4.78 is 5.35. The molecular weight excluding hydrogens is 226 g/mol. The van der Waals surface area contributed by atoms with E-state index in [-0.39, 0.29) is 5.91 Å². The van der Waals surface area contributed by atoms with Crippen molar-refractivity contribution in [3.05, 3.63) is 42.5 Å². The van der Waals surface area contributed by atoms with Crippen molar-refractivity contribution in [3.63, 3.8) is 0 Å². The Hall–Kier alpha value is -1.77. The molecule has 0 unspecified atom stereocenters. The first kappa shape index (κ1) is 14.3. The van der Waals surface area contributed by atoms with Gasteiger partial charge in [-0.05, 0) is 30.7 Å². The second-order valence-electron chi connectivity index (χ2n) is 4.09. The predicted octanol–water partition coefficient (Wildman–Crippen LogP) is 3.17. The third kappa shape index (κ3) is 5.04. The molecule has 1 N–H and O–H groups in total. The average molecular weight is 247 g/mol. The van der Waals surface area contributed by atoms with Crippen LogP contribution in [-0.4, -0.2) is 19.1 Å². The Morgan fingerprint density at radius 2 is 2.06 bits per heavy atom. The number of nitrogens with one attached hydrogen (secondary N) is 1. The summed E-state index contributed by atoms with van der Waals surface area (Å²) in [6, 6.07) is 7.13. The SMILES string of the molecule is C=CCOc1ccc(C(=O)NCCCCC)cc1. The smallest absolute Gasteiger partial charge is 0.251 e. The van der Waals surface area contributed by atoms with Gasteiger partial charge in [-0.25, -0.2) is 0 Å². The highest BCUT2D eigenvalue weighted by atomic mass is 16.5. The molecule has 0 heterocycles. The minimum absolute atomic E-state index is 0.0265. The Morgan fingerprint density at radius 1 is 1.33 bits per heavy atom. The van der Waals surface area contributed by atoms with E-state index in [1.165, 1.54) is 0 Å². The first-order chi connectivity index (χ1) is 8.77. The van der Waals surface area contributed by atoms with Crippen molar-refractivity contribution in [2.24, 2.45) is 0 Å². The Kier molecular flexibility index (Phi) is 6.62. The summed E-state index contributed by atoms with van der Waals surface area (Å²) in [7, 11) is 0. The van der Waals surface area contributed by atoms with Crippen molar-refractivity contribution in [1.29, 1.82) is 0 Å². The Morgan fingerprint density at radius 3 is 2.67 bits per heavy atom. The third-order valence-corrected chi connectivity index (χ3v) is 2.55. The molecule has 0 radical (unpaired) electrons. The van der Waals surface area contributed by atoms with Gasteiger partial charge in [0.05, 0.1) is 0 Å². The number of hydrogen-bond donors (Lipinski definition) is 1. The Bertz CT molecular complexity index is 371. The number of rotatable bonds is 8. The molecule has 1 aromatic carbocycles. The van der Waals surface area contributed by atoms with Gasteiger partial charge in [0.15, 0.2) is 0 Å². The number of amides is 1. The van der Waals surface area contributed by atoms with Crippen LogP contribution in [0.5, 0.6) is 5.75 Å². The van der Waals surface area contributed by atoms with Crippen LogP contribution in [0.1, 0.15) is 36.5 Å². The van der Waals surface area contributed by atoms with E-state index in [1.54, 1.807) is 30.3 Å². The molecule has 0 aromatic heterocycles. The molecule has 18 heavy (non-hydrogen) atoms. The van der Waals surface area contributed by atoms with Crippen molar-refractivity contribution in [1.82, 2.24) is 5.32 Å². The summed E-state index contributed by atoms with van der Waals surface area (Å²) in [6.07, 6.45) is 5.02. The molecule has 1 amide bonds. The van der Waals surface area contributed by atoms with Crippen LogP contribution in [0.2, 0.25) is 0 Å². The zero-order valence-corrected chi connectivity index (χ0v) is 10.9. The maximum atomic E-state index is 11.8. The molecular formula is C15H21NO2. The number of carbonyl (C=O) groups is 1. The molecule has 0 atom stereocenters. The molecule has 0 saturated heterocycles. The normalized spacial score (nSPS) is 9.83. The van der Waals surface area contributed by atoms with Crippen LogP contribution in [0.4, 0.5) is 0 Å². The summed E-state index contributed by atoms with van der Waals surface area (Å²) in [5.41, 5.74) is 0.664. The zero-order valence-electron chi connectivity index (χ0n) is 10.9. The molecule has 0 spiro atoms. The topological polar surface area (TPSA) is 38.3 Å². The van der Waals surface area contributed by atoms with E-state index < -0.39 is 0 Å². The third-order valence-electron chi connectivity index (χ3n) is 2.55. The molecule has 0 aliphatic heterocycles. The van der Waals surface area contributed by atoms with Crippen LogP contribution >= 0.6 is 0 Å². The van der Waals surface area contributed by atoms with E-state index in [9.17, 15) is 4.79 Å². The van der Waals surface area contributed by atoms with Crippen LogP contribution in [0.3, 0.4) is 0 Å². The van der Waals surface area contributed by atoms with E-state index in [4.69, 9.17) is 4.74 Å². The minimum Gasteiger partial charge on any atom is -0.490 e. The van der Waals surface area contributed by atoms with Gasteiger partial charge in [-0.1, -0.05) is 32.4 Å². The van der Waals surface area contributed by atoms with Gasteiger partial charge in [0.2, 0.25) is 0 Å². The molecule has 3 nitrogen and oxygen atoms in total. The van der Waals surface area contributed by atoms with Gasteiger partial charge in [0, 0.05) is 12.1 Å². The van der Waals surface area contributed by atoms with Gasteiger partial charge in [-0.3, -0.25) is 4.79 Å². The number of carbonyl (C=O) groups excluding carboxylic acids is 1. The number of benzene rings is 1. The fourth-order valence-corrected chi connectivity index (χ4v) is 1.54. The first-order valence-corrected chi connectivity index (χ1v) is 6.40. The van der Waals surface area contributed by atoms with E-state index in [0.717, 1.165) is 31.6 Å². The van der Waals surface area contributed by atoms with Crippen LogP contribution < -0.4 is 10.1 Å². The lowest BCUT2D eigenvalue weighted by atomic mass is 10.2. The predicted molar refractivity (Wildman–Crippen MR) is 74.0 cm³/mol. The fourth-order valence-electron chi connectivity index (χ4n) is 1.54. The summed E-state index contributed by atoms with van der Waals surface area (Å²) in [4.78, 5) is 11.8. The molecule has 0 bridgehead atoms. The Labute approximate surface area is 109 Å². The van der Waals surface area contributed by atoms with Gasteiger partial charge < -0.3 is 10.1 Å². The summed E-state index contributed by atoms with van der Waals surface area (Å²) in [5.74, 6) is 0.721. The number of ether oxygens (including phenoxy) is 1. The van der Waals surface area contributed by atoms with Gasteiger partial charge in [-0.15, -0.1) is 0 Å². The number of unbranched alkanes of at least 4 members (excludes halogenated alkanes) is 2. The van der Waals surface area contributed by atoms with Gasteiger partial charge in [0.1, 0.15) is 12.4 Å². The summed E-state index contributed by atoms with van der Waals surface area (Å²) in [5, 5.41) is 2.90. The Balaban J connectivity index is 2.41. The van der Waals surface area contributed by atoms with Crippen molar-refractivity contribution < 1.29 is 9.53 Å².